The molecule has 0 aliphatic heterocycles. The summed E-state index contributed by atoms with van der Waals surface area (Å²) in [5.74, 6) is 1.57. The summed E-state index contributed by atoms with van der Waals surface area (Å²) in [5, 5.41) is 1.10. The van der Waals surface area contributed by atoms with Crippen LogP contribution in [-0.2, 0) is 0 Å². The molecule has 0 unspecified atom stereocenters. The quantitative estimate of drug-likeness (QED) is 0.719. The van der Waals surface area contributed by atoms with Gasteiger partial charge in [0.15, 0.2) is 0 Å². The van der Waals surface area contributed by atoms with Crippen molar-refractivity contribution in [1.82, 2.24) is 14.7 Å². The van der Waals surface area contributed by atoms with E-state index in [1.54, 1.807) is 7.11 Å². The highest BCUT2D eigenvalue weighted by molar-refractivity contribution is 6.02. The molecule has 4 nitrogen and oxygen atoms in total. The van der Waals surface area contributed by atoms with Crippen molar-refractivity contribution in [3.63, 3.8) is 0 Å². The molecule has 21 heavy (non-hydrogen) atoms. The first-order valence-corrected chi connectivity index (χ1v) is 7.69. The van der Waals surface area contributed by atoms with Crippen molar-refractivity contribution in [2.45, 2.75) is 38.0 Å². The zero-order valence-corrected chi connectivity index (χ0v) is 12.2. The lowest BCUT2D eigenvalue weighted by atomic mass is 9.89. The molecular weight excluding hydrogens is 262 g/mol. The Morgan fingerprint density at radius 2 is 1.90 bits per heavy atom. The topological polar surface area (TPSA) is 39.9 Å². The van der Waals surface area contributed by atoms with Crippen LogP contribution in [0.2, 0.25) is 0 Å². The van der Waals surface area contributed by atoms with Gasteiger partial charge in [0.25, 0.3) is 0 Å². The Kier molecular flexibility index (Phi) is 3.02. The zero-order valence-electron chi connectivity index (χ0n) is 12.2. The molecule has 1 aliphatic carbocycles. The normalized spacial score (nSPS) is 16.6. The monoisotopic (exact) mass is 281 g/mol. The van der Waals surface area contributed by atoms with Crippen LogP contribution >= 0.6 is 0 Å². The number of pyridine rings is 1. The lowest BCUT2D eigenvalue weighted by Crippen LogP contribution is -2.16. The van der Waals surface area contributed by atoms with Crippen LogP contribution in [0.1, 0.15) is 43.8 Å². The van der Waals surface area contributed by atoms with Crippen LogP contribution in [0.4, 0.5) is 0 Å². The third kappa shape index (κ3) is 1.97. The van der Waals surface area contributed by atoms with Gasteiger partial charge in [-0.25, -0.2) is 4.98 Å². The van der Waals surface area contributed by atoms with E-state index in [9.17, 15) is 0 Å². The van der Waals surface area contributed by atoms with E-state index in [4.69, 9.17) is 9.82 Å². The third-order valence-electron chi connectivity index (χ3n) is 4.53. The SMILES string of the molecule is COn1c(C2CCCCC2)nc2cnc3ccccc3c21. The summed E-state index contributed by atoms with van der Waals surface area (Å²) in [5.41, 5.74) is 2.96. The van der Waals surface area contributed by atoms with E-state index in [2.05, 4.69) is 11.1 Å². The van der Waals surface area contributed by atoms with E-state index < -0.39 is 0 Å². The Morgan fingerprint density at radius 1 is 1.10 bits per heavy atom. The summed E-state index contributed by atoms with van der Waals surface area (Å²) in [6.07, 6.45) is 8.19. The molecule has 4 heteroatoms. The maximum atomic E-state index is 5.69. The van der Waals surface area contributed by atoms with Crippen molar-refractivity contribution in [1.29, 1.82) is 0 Å². The summed E-state index contributed by atoms with van der Waals surface area (Å²) < 4.78 is 1.93. The molecule has 0 N–H and O–H groups in total. The molecule has 1 aromatic carbocycles. The summed E-state index contributed by atoms with van der Waals surface area (Å²) in [4.78, 5) is 15.0. The maximum Gasteiger partial charge on any atom is 0.149 e. The second-order valence-corrected chi connectivity index (χ2v) is 5.79. The second-order valence-electron chi connectivity index (χ2n) is 5.79. The number of benzene rings is 1. The molecule has 0 saturated heterocycles. The lowest BCUT2D eigenvalue weighted by Gasteiger charge is -2.21. The number of fused-ring (bicyclic) bond motifs is 3. The fourth-order valence-electron chi connectivity index (χ4n) is 3.50. The number of imidazole rings is 1. The van der Waals surface area contributed by atoms with E-state index in [0.29, 0.717) is 5.92 Å². The fraction of sp³-hybridized carbons (Fsp3) is 0.412. The highest BCUT2D eigenvalue weighted by Crippen LogP contribution is 2.34. The van der Waals surface area contributed by atoms with Gasteiger partial charge < -0.3 is 4.84 Å². The van der Waals surface area contributed by atoms with Crippen molar-refractivity contribution in [2.24, 2.45) is 0 Å². The Morgan fingerprint density at radius 3 is 2.71 bits per heavy atom. The van der Waals surface area contributed by atoms with Crippen LogP contribution in [0.15, 0.2) is 30.5 Å². The van der Waals surface area contributed by atoms with E-state index in [-0.39, 0.29) is 0 Å². The fourth-order valence-corrected chi connectivity index (χ4v) is 3.50. The highest BCUT2D eigenvalue weighted by Gasteiger charge is 2.24. The van der Waals surface area contributed by atoms with Gasteiger partial charge in [0.05, 0.1) is 11.7 Å². The number of nitrogens with zero attached hydrogens (tertiary/aromatic N) is 3. The molecule has 0 spiro atoms. The first-order valence-electron chi connectivity index (χ1n) is 7.69. The Bertz CT molecular complexity index is 787. The Hall–Kier alpha value is -2.10. The van der Waals surface area contributed by atoms with Crippen molar-refractivity contribution in [3.8, 4) is 0 Å². The molecule has 0 bridgehead atoms. The first-order chi connectivity index (χ1) is 10.4. The van der Waals surface area contributed by atoms with Crippen LogP contribution < -0.4 is 4.84 Å². The van der Waals surface area contributed by atoms with Crippen molar-refractivity contribution < 1.29 is 4.84 Å². The van der Waals surface area contributed by atoms with E-state index in [1.165, 1.54) is 32.1 Å². The molecule has 2 heterocycles. The van der Waals surface area contributed by atoms with E-state index in [1.807, 2.05) is 29.1 Å². The van der Waals surface area contributed by atoms with Crippen LogP contribution in [0.3, 0.4) is 0 Å². The number of hydrogen-bond donors (Lipinski definition) is 0. The molecule has 2 aromatic heterocycles. The molecular formula is C17H19N3O. The Balaban J connectivity index is 1.98. The van der Waals surface area contributed by atoms with Crippen molar-refractivity contribution in [3.05, 3.63) is 36.3 Å². The van der Waals surface area contributed by atoms with Crippen LogP contribution in [0.5, 0.6) is 0 Å². The first kappa shape index (κ1) is 12.6. The average Bonchev–Trinajstić information content (AvgIpc) is 2.94. The van der Waals surface area contributed by atoms with Gasteiger partial charge in [-0.05, 0) is 18.9 Å². The Labute approximate surface area is 123 Å². The number of para-hydroxylation sites is 1. The van der Waals surface area contributed by atoms with Gasteiger partial charge in [-0.15, -0.1) is 0 Å². The standard InChI is InChI=1S/C17H19N3O/c1-21-20-16-13-9-5-6-10-14(13)18-11-15(16)19-17(20)12-7-3-2-4-8-12/h5-6,9-12H,2-4,7-8H2,1H3. The van der Waals surface area contributed by atoms with Gasteiger partial charge in [0.2, 0.25) is 0 Å². The van der Waals surface area contributed by atoms with Crippen LogP contribution in [0.25, 0.3) is 21.9 Å². The summed E-state index contributed by atoms with van der Waals surface area (Å²) in [7, 11) is 1.72. The maximum absolute atomic E-state index is 5.69. The third-order valence-corrected chi connectivity index (χ3v) is 4.53. The molecule has 0 radical (unpaired) electrons. The lowest BCUT2D eigenvalue weighted by molar-refractivity contribution is 0.161. The molecule has 1 aliphatic rings. The van der Waals surface area contributed by atoms with Crippen molar-refractivity contribution >= 4 is 21.9 Å². The van der Waals surface area contributed by atoms with Gasteiger partial charge >= 0.3 is 0 Å². The van der Waals surface area contributed by atoms with Gasteiger partial charge in [0.1, 0.15) is 24.0 Å². The summed E-state index contributed by atoms with van der Waals surface area (Å²) >= 11 is 0. The largest absolute Gasteiger partial charge is 0.415 e. The smallest absolute Gasteiger partial charge is 0.149 e. The minimum atomic E-state index is 0.505. The number of aromatic nitrogens is 3. The number of hydrogen-bond acceptors (Lipinski definition) is 3. The molecule has 108 valence electrons. The summed E-state index contributed by atoms with van der Waals surface area (Å²) in [6.45, 7) is 0. The molecule has 1 fully saturated rings. The average molecular weight is 281 g/mol. The predicted molar refractivity (Wildman–Crippen MR) is 83.4 cm³/mol. The predicted octanol–water partition coefficient (Wildman–Crippen LogP) is 3.69. The van der Waals surface area contributed by atoms with Gasteiger partial charge in [-0.2, -0.15) is 4.73 Å². The highest BCUT2D eigenvalue weighted by atomic mass is 16.6. The molecule has 4 rings (SSSR count). The minimum Gasteiger partial charge on any atom is -0.415 e. The van der Waals surface area contributed by atoms with Crippen LogP contribution in [-0.4, -0.2) is 21.8 Å². The van der Waals surface area contributed by atoms with Crippen molar-refractivity contribution in [2.75, 3.05) is 7.11 Å². The van der Waals surface area contributed by atoms with Crippen LogP contribution in [0, 0.1) is 0 Å². The number of rotatable bonds is 2. The second kappa shape index (κ2) is 5.02. The van der Waals surface area contributed by atoms with E-state index in [0.717, 1.165) is 27.8 Å². The molecule has 0 atom stereocenters. The van der Waals surface area contributed by atoms with Gasteiger partial charge in [0, 0.05) is 11.3 Å². The van der Waals surface area contributed by atoms with Gasteiger partial charge in [-0.1, -0.05) is 37.5 Å². The van der Waals surface area contributed by atoms with Gasteiger partial charge in [-0.3, -0.25) is 4.98 Å². The minimum absolute atomic E-state index is 0.505. The van der Waals surface area contributed by atoms with E-state index >= 15 is 0 Å². The molecule has 3 aromatic rings. The molecule has 0 amide bonds. The zero-order chi connectivity index (χ0) is 14.2. The molecule has 1 saturated carbocycles. The summed E-state index contributed by atoms with van der Waals surface area (Å²) in [6, 6.07) is 8.17.